The minimum absolute atomic E-state index is 0.0297. The van der Waals surface area contributed by atoms with Crippen LogP contribution in [0.25, 0.3) is 10.2 Å². The molecule has 6 heteroatoms. The molecule has 3 heterocycles. The summed E-state index contributed by atoms with van der Waals surface area (Å²) in [5, 5.41) is 2.51. The lowest BCUT2D eigenvalue weighted by atomic mass is 9.92. The predicted octanol–water partition coefficient (Wildman–Crippen LogP) is 4.09. The summed E-state index contributed by atoms with van der Waals surface area (Å²) in [7, 11) is 0. The van der Waals surface area contributed by atoms with Crippen molar-refractivity contribution in [2.45, 2.75) is 12.8 Å². The van der Waals surface area contributed by atoms with Crippen molar-refractivity contribution in [1.82, 2.24) is 9.88 Å². The summed E-state index contributed by atoms with van der Waals surface area (Å²) >= 11 is 2.93. The number of carbonyl (C=O) groups excluding carboxylic acids is 2. The molecule has 1 aliphatic rings. The fraction of sp³-hybridized carbons (Fsp3) is 0.278. The van der Waals surface area contributed by atoms with Crippen LogP contribution in [0.2, 0.25) is 0 Å². The Morgan fingerprint density at radius 3 is 2.58 bits per heavy atom. The first kappa shape index (κ1) is 15.5. The molecule has 0 unspecified atom stereocenters. The number of para-hydroxylation sites is 1. The fourth-order valence-corrected chi connectivity index (χ4v) is 4.73. The Bertz CT molecular complexity index is 844. The second-order valence-electron chi connectivity index (χ2n) is 5.89. The van der Waals surface area contributed by atoms with Crippen molar-refractivity contribution in [3.05, 3.63) is 51.7 Å². The van der Waals surface area contributed by atoms with Crippen LogP contribution in [0.15, 0.2) is 41.8 Å². The molecule has 3 aromatic rings. The number of rotatable bonds is 3. The van der Waals surface area contributed by atoms with E-state index in [4.69, 9.17) is 0 Å². The zero-order valence-electron chi connectivity index (χ0n) is 13.0. The summed E-state index contributed by atoms with van der Waals surface area (Å²) in [6.45, 7) is 1.27. The molecule has 1 aromatic carbocycles. The number of fused-ring (bicyclic) bond motifs is 1. The molecule has 0 atom stereocenters. The molecule has 0 spiro atoms. The van der Waals surface area contributed by atoms with E-state index in [0.717, 1.165) is 15.1 Å². The molecule has 2 aromatic heterocycles. The number of aromatic nitrogens is 1. The van der Waals surface area contributed by atoms with E-state index in [2.05, 4.69) is 4.98 Å². The smallest absolute Gasteiger partial charge is 0.263 e. The van der Waals surface area contributed by atoms with E-state index in [1.54, 1.807) is 0 Å². The highest BCUT2D eigenvalue weighted by atomic mass is 32.1. The van der Waals surface area contributed by atoms with Gasteiger partial charge in [0.15, 0.2) is 10.8 Å². The first-order chi connectivity index (χ1) is 11.7. The van der Waals surface area contributed by atoms with Crippen LogP contribution in [0.3, 0.4) is 0 Å². The van der Waals surface area contributed by atoms with Crippen LogP contribution in [0.5, 0.6) is 0 Å². The van der Waals surface area contributed by atoms with Crippen LogP contribution in [-0.4, -0.2) is 34.7 Å². The van der Waals surface area contributed by atoms with Crippen LogP contribution in [-0.2, 0) is 0 Å². The summed E-state index contributed by atoms with van der Waals surface area (Å²) in [6, 6.07) is 11.6. The van der Waals surface area contributed by atoms with E-state index < -0.39 is 0 Å². The van der Waals surface area contributed by atoms with Crippen molar-refractivity contribution in [2.75, 3.05) is 13.1 Å². The third kappa shape index (κ3) is 2.87. The van der Waals surface area contributed by atoms with E-state index in [-0.39, 0.29) is 17.6 Å². The third-order valence-corrected chi connectivity index (χ3v) is 6.30. The van der Waals surface area contributed by atoms with Crippen molar-refractivity contribution in [3.63, 3.8) is 0 Å². The Balaban J connectivity index is 1.43. The van der Waals surface area contributed by atoms with Gasteiger partial charge in [-0.25, -0.2) is 4.98 Å². The molecule has 0 saturated carbocycles. The van der Waals surface area contributed by atoms with Crippen molar-refractivity contribution < 1.29 is 9.59 Å². The zero-order valence-corrected chi connectivity index (χ0v) is 14.6. The number of hydrogen-bond acceptors (Lipinski definition) is 5. The maximum Gasteiger partial charge on any atom is 0.263 e. The number of thiophene rings is 1. The lowest BCUT2D eigenvalue weighted by Crippen LogP contribution is -2.40. The van der Waals surface area contributed by atoms with Crippen LogP contribution in [0.4, 0.5) is 0 Å². The molecular formula is C18H16N2O2S2. The number of thiazole rings is 1. The van der Waals surface area contributed by atoms with E-state index in [1.165, 1.54) is 22.7 Å². The standard InChI is InChI=1S/C18H16N2O2S2/c21-16(17-19-13-4-1-2-5-14(13)24-17)12-7-9-20(10-8-12)18(22)15-6-3-11-23-15/h1-6,11-12H,7-10H2. The first-order valence-electron chi connectivity index (χ1n) is 7.95. The number of amides is 1. The van der Waals surface area contributed by atoms with Gasteiger partial charge in [0.1, 0.15) is 0 Å². The normalized spacial score (nSPS) is 15.8. The van der Waals surface area contributed by atoms with Crippen molar-refractivity contribution in [3.8, 4) is 0 Å². The summed E-state index contributed by atoms with van der Waals surface area (Å²) in [5.41, 5.74) is 0.885. The molecule has 1 aliphatic heterocycles. The van der Waals surface area contributed by atoms with Crippen LogP contribution in [0, 0.1) is 5.92 Å². The lowest BCUT2D eigenvalue weighted by molar-refractivity contribution is 0.0654. The van der Waals surface area contributed by atoms with Gasteiger partial charge >= 0.3 is 0 Å². The van der Waals surface area contributed by atoms with Crippen LogP contribution >= 0.6 is 22.7 Å². The number of likely N-dealkylation sites (tertiary alicyclic amines) is 1. The third-order valence-electron chi connectivity index (χ3n) is 4.39. The Morgan fingerprint density at radius 1 is 1.08 bits per heavy atom. The average molecular weight is 356 g/mol. The molecule has 1 saturated heterocycles. The number of hydrogen-bond donors (Lipinski definition) is 0. The molecule has 1 fully saturated rings. The Hall–Kier alpha value is -2.05. The van der Waals surface area contributed by atoms with E-state index >= 15 is 0 Å². The second kappa shape index (κ2) is 6.45. The molecule has 0 radical (unpaired) electrons. The number of benzene rings is 1. The van der Waals surface area contributed by atoms with Crippen molar-refractivity contribution in [2.24, 2.45) is 5.92 Å². The van der Waals surface area contributed by atoms with E-state index in [1.807, 2.05) is 46.7 Å². The SMILES string of the molecule is O=C(c1nc2ccccc2s1)C1CCN(C(=O)c2cccs2)CC1. The van der Waals surface area contributed by atoms with Gasteiger partial charge in [-0.3, -0.25) is 9.59 Å². The number of nitrogens with zero attached hydrogens (tertiary/aromatic N) is 2. The predicted molar refractivity (Wildman–Crippen MR) is 96.9 cm³/mol. The van der Waals surface area contributed by atoms with Gasteiger partial charge in [0.25, 0.3) is 5.91 Å². The maximum atomic E-state index is 12.7. The topological polar surface area (TPSA) is 50.3 Å². The summed E-state index contributed by atoms with van der Waals surface area (Å²) < 4.78 is 1.05. The quantitative estimate of drug-likeness (QED) is 0.664. The van der Waals surface area contributed by atoms with Gasteiger partial charge in [0, 0.05) is 19.0 Å². The van der Waals surface area contributed by atoms with Gasteiger partial charge in [-0.05, 0) is 36.4 Å². The van der Waals surface area contributed by atoms with E-state index in [9.17, 15) is 9.59 Å². The van der Waals surface area contributed by atoms with Gasteiger partial charge in [-0.1, -0.05) is 18.2 Å². The summed E-state index contributed by atoms with van der Waals surface area (Å²) in [5.74, 6) is 0.174. The van der Waals surface area contributed by atoms with Gasteiger partial charge in [0.2, 0.25) is 0 Å². The number of Topliss-reactive ketones (excluding diaryl/α,β-unsaturated/α-hetero) is 1. The number of carbonyl (C=O) groups is 2. The Labute approximate surface area is 147 Å². The molecule has 0 bridgehead atoms. The molecule has 122 valence electrons. The van der Waals surface area contributed by atoms with Gasteiger partial charge in [-0.2, -0.15) is 0 Å². The highest BCUT2D eigenvalue weighted by molar-refractivity contribution is 7.20. The largest absolute Gasteiger partial charge is 0.338 e. The molecule has 1 amide bonds. The second-order valence-corrected chi connectivity index (χ2v) is 7.87. The summed E-state index contributed by atoms with van der Waals surface area (Å²) in [4.78, 5) is 32.2. The highest BCUT2D eigenvalue weighted by Gasteiger charge is 2.30. The molecule has 4 nitrogen and oxygen atoms in total. The average Bonchev–Trinajstić information content (AvgIpc) is 3.30. The zero-order chi connectivity index (χ0) is 16.5. The molecular weight excluding hydrogens is 340 g/mol. The number of ketones is 1. The fourth-order valence-electron chi connectivity index (χ4n) is 3.05. The molecule has 0 N–H and O–H groups in total. The number of piperidine rings is 1. The Kier molecular flexibility index (Phi) is 4.16. The Morgan fingerprint density at radius 2 is 1.88 bits per heavy atom. The minimum atomic E-state index is -0.0297. The van der Waals surface area contributed by atoms with Crippen LogP contribution in [0.1, 0.15) is 32.3 Å². The van der Waals surface area contributed by atoms with Gasteiger partial charge < -0.3 is 4.90 Å². The van der Waals surface area contributed by atoms with E-state index in [0.29, 0.717) is 30.9 Å². The van der Waals surface area contributed by atoms with Gasteiger partial charge in [0.05, 0.1) is 15.1 Å². The molecule has 0 aliphatic carbocycles. The molecule has 24 heavy (non-hydrogen) atoms. The van der Waals surface area contributed by atoms with Crippen molar-refractivity contribution in [1.29, 1.82) is 0 Å². The maximum absolute atomic E-state index is 12.7. The highest BCUT2D eigenvalue weighted by Crippen LogP contribution is 2.28. The monoisotopic (exact) mass is 356 g/mol. The lowest BCUT2D eigenvalue weighted by Gasteiger charge is -2.30. The minimum Gasteiger partial charge on any atom is -0.338 e. The first-order valence-corrected chi connectivity index (χ1v) is 9.64. The molecule has 4 rings (SSSR count). The van der Waals surface area contributed by atoms with Crippen LogP contribution < -0.4 is 0 Å². The van der Waals surface area contributed by atoms with Crippen molar-refractivity contribution >= 4 is 44.6 Å². The summed E-state index contributed by atoms with van der Waals surface area (Å²) in [6.07, 6.45) is 1.43. The van der Waals surface area contributed by atoms with Gasteiger partial charge in [-0.15, -0.1) is 22.7 Å².